The molecule has 0 aliphatic heterocycles. The van der Waals surface area contributed by atoms with E-state index in [0.29, 0.717) is 0 Å². The van der Waals surface area contributed by atoms with Crippen molar-refractivity contribution >= 4 is 16.2 Å². The molecule has 118 valence electrons. The van der Waals surface area contributed by atoms with E-state index >= 15 is 0 Å². The summed E-state index contributed by atoms with van der Waals surface area (Å²) in [5.41, 5.74) is 0.921. The van der Waals surface area contributed by atoms with E-state index in [1.807, 2.05) is 6.92 Å². The molecule has 0 saturated carbocycles. The molecule has 1 unspecified atom stereocenters. The zero-order valence-corrected chi connectivity index (χ0v) is 13.0. The Balaban J connectivity index is 2.50. The SMILES string of the molecule is Cc1ccc(S(=O)(=O)OCC(O)COC(=O)N(C)C)cc1. The second-order valence-corrected chi connectivity index (χ2v) is 6.29. The summed E-state index contributed by atoms with van der Waals surface area (Å²) in [6.45, 7) is 0.997. The maximum absolute atomic E-state index is 11.8. The smallest absolute Gasteiger partial charge is 0.409 e. The average molecular weight is 317 g/mol. The fraction of sp³-hybridized carbons (Fsp3) is 0.462. The molecule has 1 aromatic carbocycles. The number of aliphatic hydroxyl groups excluding tert-OH is 1. The molecule has 1 aromatic rings. The van der Waals surface area contributed by atoms with Crippen molar-refractivity contribution in [3.8, 4) is 0 Å². The number of hydrogen-bond donors (Lipinski definition) is 1. The van der Waals surface area contributed by atoms with Crippen LogP contribution in [0.3, 0.4) is 0 Å². The molecule has 0 bridgehead atoms. The summed E-state index contributed by atoms with van der Waals surface area (Å²) in [6, 6.07) is 6.13. The first-order chi connectivity index (χ1) is 9.72. The van der Waals surface area contributed by atoms with Crippen LogP contribution in [0.1, 0.15) is 5.56 Å². The van der Waals surface area contributed by atoms with Crippen LogP contribution >= 0.6 is 0 Å². The van der Waals surface area contributed by atoms with Crippen molar-refractivity contribution in [3.05, 3.63) is 29.8 Å². The van der Waals surface area contributed by atoms with Crippen molar-refractivity contribution in [1.29, 1.82) is 0 Å². The number of aryl methyl sites for hydroxylation is 1. The van der Waals surface area contributed by atoms with E-state index in [1.165, 1.54) is 31.1 Å². The molecule has 0 aliphatic rings. The zero-order valence-electron chi connectivity index (χ0n) is 12.1. The molecule has 0 fully saturated rings. The van der Waals surface area contributed by atoms with Crippen molar-refractivity contribution < 1.29 is 27.2 Å². The van der Waals surface area contributed by atoms with Crippen LogP contribution in [0.15, 0.2) is 29.2 Å². The normalized spacial score (nSPS) is 12.8. The first kappa shape index (κ1) is 17.4. The third-order valence-electron chi connectivity index (χ3n) is 2.49. The van der Waals surface area contributed by atoms with Gasteiger partial charge >= 0.3 is 6.09 Å². The molecular formula is C13H19NO6S. The summed E-state index contributed by atoms with van der Waals surface area (Å²) in [5.74, 6) is 0. The first-order valence-electron chi connectivity index (χ1n) is 6.20. The number of rotatable bonds is 6. The van der Waals surface area contributed by atoms with Crippen LogP contribution in [-0.2, 0) is 19.0 Å². The van der Waals surface area contributed by atoms with Crippen LogP contribution in [0.2, 0.25) is 0 Å². The summed E-state index contributed by atoms with van der Waals surface area (Å²) >= 11 is 0. The molecule has 0 aromatic heterocycles. The average Bonchev–Trinajstić information content (AvgIpc) is 2.43. The van der Waals surface area contributed by atoms with Crippen molar-refractivity contribution in [2.45, 2.75) is 17.9 Å². The number of nitrogens with zero attached hydrogens (tertiary/aromatic N) is 1. The fourth-order valence-corrected chi connectivity index (χ4v) is 2.23. The predicted octanol–water partition coefficient (Wildman–Crippen LogP) is 0.759. The van der Waals surface area contributed by atoms with E-state index in [1.54, 1.807) is 12.1 Å². The van der Waals surface area contributed by atoms with Gasteiger partial charge in [-0.1, -0.05) is 17.7 Å². The standard InChI is InChI=1S/C13H19NO6S/c1-10-4-6-12(7-5-10)21(17,18)20-9-11(15)8-19-13(16)14(2)3/h4-7,11,15H,8-9H2,1-3H3. The molecule has 1 rings (SSSR count). The van der Waals surface area contributed by atoms with Crippen LogP contribution < -0.4 is 0 Å². The van der Waals surface area contributed by atoms with Gasteiger partial charge in [0.05, 0.1) is 11.5 Å². The molecule has 0 aliphatic carbocycles. The molecule has 0 radical (unpaired) electrons. The quantitative estimate of drug-likeness (QED) is 0.779. The minimum Gasteiger partial charge on any atom is -0.447 e. The first-order valence-corrected chi connectivity index (χ1v) is 7.61. The van der Waals surface area contributed by atoms with Gasteiger partial charge in [-0.2, -0.15) is 8.42 Å². The summed E-state index contributed by atoms with van der Waals surface area (Å²) in [4.78, 5) is 12.3. The van der Waals surface area contributed by atoms with E-state index in [9.17, 15) is 18.3 Å². The third-order valence-corrected chi connectivity index (χ3v) is 3.79. The van der Waals surface area contributed by atoms with E-state index in [-0.39, 0.29) is 11.5 Å². The number of hydrogen-bond acceptors (Lipinski definition) is 6. The van der Waals surface area contributed by atoms with Crippen LogP contribution in [0.4, 0.5) is 4.79 Å². The van der Waals surface area contributed by atoms with Crippen molar-refractivity contribution in [3.63, 3.8) is 0 Å². The highest BCUT2D eigenvalue weighted by atomic mass is 32.2. The molecule has 1 amide bonds. The second kappa shape index (κ2) is 7.39. The maximum atomic E-state index is 11.8. The van der Waals surface area contributed by atoms with Crippen molar-refractivity contribution in [2.75, 3.05) is 27.3 Å². The molecule has 1 atom stereocenters. The molecule has 8 heteroatoms. The number of carbonyl (C=O) groups excluding carboxylic acids is 1. The van der Waals surface area contributed by atoms with Gasteiger partial charge in [0.25, 0.3) is 10.1 Å². The van der Waals surface area contributed by atoms with Crippen LogP contribution in [0, 0.1) is 6.92 Å². The Bertz CT molecular complexity index is 567. The van der Waals surface area contributed by atoms with Gasteiger partial charge in [0.1, 0.15) is 12.7 Å². The van der Waals surface area contributed by atoms with Crippen molar-refractivity contribution in [2.24, 2.45) is 0 Å². The van der Waals surface area contributed by atoms with E-state index in [0.717, 1.165) is 5.56 Å². The second-order valence-electron chi connectivity index (χ2n) is 4.68. The van der Waals surface area contributed by atoms with Gasteiger partial charge in [-0.25, -0.2) is 4.79 Å². The highest BCUT2D eigenvalue weighted by molar-refractivity contribution is 7.86. The number of benzene rings is 1. The Labute approximate surface area is 124 Å². The predicted molar refractivity (Wildman–Crippen MR) is 75.4 cm³/mol. The van der Waals surface area contributed by atoms with E-state index in [4.69, 9.17) is 8.92 Å². The largest absolute Gasteiger partial charge is 0.447 e. The minimum absolute atomic E-state index is 0.00517. The highest BCUT2D eigenvalue weighted by Crippen LogP contribution is 2.13. The molecule has 1 N–H and O–H groups in total. The summed E-state index contributed by atoms with van der Waals surface area (Å²) in [7, 11) is -0.952. The molecule has 0 saturated heterocycles. The Kier molecular flexibility index (Phi) is 6.13. The number of amides is 1. The van der Waals surface area contributed by atoms with Gasteiger partial charge in [-0.05, 0) is 19.1 Å². The van der Waals surface area contributed by atoms with Crippen LogP contribution in [0.5, 0.6) is 0 Å². The summed E-state index contributed by atoms with van der Waals surface area (Å²) in [5, 5.41) is 9.55. The number of aliphatic hydroxyl groups is 1. The molecule has 0 spiro atoms. The summed E-state index contributed by atoms with van der Waals surface area (Å²) < 4.78 is 33.1. The molecule has 0 heterocycles. The monoisotopic (exact) mass is 317 g/mol. The van der Waals surface area contributed by atoms with Gasteiger partial charge in [-0.15, -0.1) is 0 Å². The Hall–Kier alpha value is -1.64. The van der Waals surface area contributed by atoms with Crippen LogP contribution in [-0.4, -0.2) is 57.9 Å². The number of carbonyl (C=O) groups is 1. The maximum Gasteiger partial charge on any atom is 0.409 e. The highest BCUT2D eigenvalue weighted by Gasteiger charge is 2.18. The lowest BCUT2D eigenvalue weighted by Crippen LogP contribution is -2.29. The summed E-state index contributed by atoms with van der Waals surface area (Å²) in [6.07, 6.45) is -1.86. The van der Waals surface area contributed by atoms with Gasteiger partial charge in [0.15, 0.2) is 0 Å². The third kappa shape index (κ3) is 5.70. The zero-order chi connectivity index (χ0) is 16.0. The fourth-order valence-electron chi connectivity index (χ4n) is 1.29. The molecule has 21 heavy (non-hydrogen) atoms. The lowest BCUT2D eigenvalue weighted by Gasteiger charge is -2.14. The lowest BCUT2D eigenvalue weighted by atomic mass is 10.2. The van der Waals surface area contributed by atoms with Gasteiger partial charge in [0.2, 0.25) is 0 Å². The Morgan fingerprint density at radius 2 is 1.81 bits per heavy atom. The lowest BCUT2D eigenvalue weighted by molar-refractivity contribution is 0.0318. The Morgan fingerprint density at radius 1 is 1.24 bits per heavy atom. The minimum atomic E-state index is -3.94. The van der Waals surface area contributed by atoms with Crippen molar-refractivity contribution in [1.82, 2.24) is 4.90 Å². The van der Waals surface area contributed by atoms with Crippen LogP contribution in [0.25, 0.3) is 0 Å². The van der Waals surface area contributed by atoms with Gasteiger partial charge in [-0.3, -0.25) is 4.18 Å². The Morgan fingerprint density at radius 3 is 2.33 bits per heavy atom. The van der Waals surface area contributed by atoms with E-state index in [2.05, 4.69) is 0 Å². The molecule has 7 nitrogen and oxygen atoms in total. The number of ether oxygens (including phenoxy) is 1. The topological polar surface area (TPSA) is 93.1 Å². The van der Waals surface area contributed by atoms with E-state index < -0.39 is 28.9 Å². The van der Waals surface area contributed by atoms with Gasteiger partial charge < -0.3 is 14.7 Å². The van der Waals surface area contributed by atoms with Gasteiger partial charge in [0, 0.05) is 14.1 Å². The molecular weight excluding hydrogens is 298 g/mol.